The van der Waals surface area contributed by atoms with Gasteiger partial charge in [-0.15, -0.1) is 0 Å². The van der Waals surface area contributed by atoms with Gasteiger partial charge in [0.1, 0.15) is 0 Å². The SMILES string of the molecule is CS(=O)(=O)c1nc(NC2CC2)n2ncc(/C=C3\CCNC3=O)c2n1. The molecule has 1 saturated carbocycles. The number of sulfone groups is 1. The van der Waals surface area contributed by atoms with Crippen LogP contribution in [0.2, 0.25) is 0 Å². The summed E-state index contributed by atoms with van der Waals surface area (Å²) in [6, 6.07) is 0.280. The van der Waals surface area contributed by atoms with Crippen LogP contribution < -0.4 is 10.6 Å². The first kappa shape index (κ1) is 15.1. The summed E-state index contributed by atoms with van der Waals surface area (Å²) in [5, 5.41) is 9.90. The highest BCUT2D eigenvalue weighted by atomic mass is 32.2. The minimum Gasteiger partial charge on any atom is -0.352 e. The van der Waals surface area contributed by atoms with Crippen LogP contribution >= 0.6 is 0 Å². The lowest BCUT2D eigenvalue weighted by Crippen LogP contribution is -2.15. The van der Waals surface area contributed by atoms with Gasteiger partial charge in [0.2, 0.25) is 21.7 Å². The monoisotopic (exact) mass is 348 g/mol. The number of amides is 1. The van der Waals surface area contributed by atoms with Crippen molar-refractivity contribution in [2.24, 2.45) is 0 Å². The first-order valence-corrected chi connectivity index (χ1v) is 9.52. The van der Waals surface area contributed by atoms with Gasteiger partial charge in [0.25, 0.3) is 5.16 Å². The zero-order chi connectivity index (χ0) is 16.9. The average Bonchev–Trinajstić information content (AvgIpc) is 3.10. The van der Waals surface area contributed by atoms with E-state index in [0.717, 1.165) is 19.1 Å². The highest BCUT2D eigenvalue weighted by Crippen LogP contribution is 2.26. The molecule has 1 saturated heterocycles. The van der Waals surface area contributed by atoms with Crippen molar-refractivity contribution in [2.45, 2.75) is 30.5 Å². The standard InChI is InChI=1S/C14H16N6O3S/c1-24(22,23)14-18-11-9(6-8-4-5-15-12(8)21)7-16-20(11)13(19-14)17-10-2-3-10/h6-7,10H,2-5H2,1H3,(H,15,21)(H,17,18,19)/b8-6+. The molecule has 24 heavy (non-hydrogen) atoms. The molecule has 0 atom stereocenters. The summed E-state index contributed by atoms with van der Waals surface area (Å²) >= 11 is 0. The number of aromatic nitrogens is 4. The van der Waals surface area contributed by atoms with Crippen LogP contribution in [0.4, 0.5) is 5.95 Å². The topological polar surface area (TPSA) is 118 Å². The van der Waals surface area contributed by atoms with E-state index in [1.807, 2.05) is 0 Å². The quantitative estimate of drug-likeness (QED) is 0.747. The van der Waals surface area contributed by atoms with Gasteiger partial charge >= 0.3 is 0 Å². The molecule has 0 bridgehead atoms. The lowest BCUT2D eigenvalue weighted by atomic mass is 10.1. The largest absolute Gasteiger partial charge is 0.352 e. The summed E-state index contributed by atoms with van der Waals surface area (Å²) in [5.74, 6) is 0.228. The molecule has 9 nitrogen and oxygen atoms in total. The Morgan fingerprint density at radius 3 is 2.79 bits per heavy atom. The van der Waals surface area contributed by atoms with Crippen molar-refractivity contribution in [1.29, 1.82) is 0 Å². The second-order valence-electron chi connectivity index (χ2n) is 6.03. The number of hydrogen-bond acceptors (Lipinski definition) is 7. The van der Waals surface area contributed by atoms with Gasteiger partial charge in [-0.25, -0.2) is 8.42 Å². The first-order chi connectivity index (χ1) is 11.4. The molecule has 1 aliphatic carbocycles. The molecule has 0 aromatic carbocycles. The molecule has 2 aromatic heterocycles. The molecule has 2 aliphatic rings. The molecular formula is C14H16N6O3S. The normalized spacial score (nSPS) is 19.9. The van der Waals surface area contributed by atoms with Crippen molar-refractivity contribution < 1.29 is 13.2 Å². The van der Waals surface area contributed by atoms with E-state index in [0.29, 0.717) is 35.7 Å². The van der Waals surface area contributed by atoms with Crippen molar-refractivity contribution in [3.8, 4) is 0 Å². The third-order valence-corrected chi connectivity index (χ3v) is 4.76. The molecule has 0 unspecified atom stereocenters. The third kappa shape index (κ3) is 2.73. The molecule has 2 fully saturated rings. The molecule has 1 amide bonds. The van der Waals surface area contributed by atoms with Gasteiger partial charge in [-0.2, -0.15) is 19.6 Å². The fraction of sp³-hybridized carbons (Fsp3) is 0.429. The smallest absolute Gasteiger partial charge is 0.252 e. The second kappa shape index (κ2) is 5.26. The molecule has 126 valence electrons. The fourth-order valence-electron chi connectivity index (χ4n) is 2.51. The van der Waals surface area contributed by atoms with E-state index in [1.54, 1.807) is 12.3 Å². The van der Waals surface area contributed by atoms with Crippen molar-refractivity contribution in [3.63, 3.8) is 0 Å². The maximum atomic E-state index is 11.9. The second-order valence-corrected chi connectivity index (χ2v) is 7.94. The lowest BCUT2D eigenvalue weighted by Gasteiger charge is -2.07. The number of carbonyl (C=O) groups excluding carboxylic acids is 1. The minimum atomic E-state index is -3.57. The van der Waals surface area contributed by atoms with Gasteiger partial charge < -0.3 is 10.6 Å². The van der Waals surface area contributed by atoms with Crippen LogP contribution in [-0.4, -0.2) is 52.7 Å². The van der Waals surface area contributed by atoms with Crippen molar-refractivity contribution in [3.05, 3.63) is 17.3 Å². The van der Waals surface area contributed by atoms with Gasteiger partial charge in [0.15, 0.2) is 5.65 Å². The van der Waals surface area contributed by atoms with E-state index in [-0.39, 0.29) is 17.1 Å². The van der Waals surface area contributed by atoms with E-state index in [9.17, 15) is 13.2 Å². The van der Waals surface area contributed by atoms with Crippen molar-refractivity contribution in [2.75, 3.05) is 18.1 Å². The van der Waals surface area contributed by atoms with Crippen molar-refractivity contribution in [1.82, 2.24) is 24.9 Å². The van der Waals surface area contributed by atoms with E-state index in [4.69, 9.17) is 0 Å². The first-order valence-electron chi connectivity index (χ1n) is 7.63. The van der Waals surface area contributed by atoms with Gasteiger partial charge in [0.05, 0.1) is 6.20 Å². The lowest BCUT2D eigenvalue weighted by molar-refractivity contribution is -0.116. The Labute approximate surface area is 138 Å². The number of fused-ring (bicyclic) bond motifs is 1. The summed E-state index contributed by atoms with van der Waals surface area (Å²) in [7, 11) is -3.57. The van der Waals surface area contributed by atoms with Gasteiger partial charge in [-0.3, -0.25) is 4.79 Å². The van der Waals surface area contributed by atoms with Crippen LogP contribution in [0.5, 0.6) is 0 Å². The van der Waals surface area contributed by atoms with Crippen LogP contribution in [0.1, 0.15) is 24.8 Å². The van der Waals surface area contributed by atoms with Crippen LogP contribution in [0.25, 0.3) is 11.7 Å². The van der Waals surface area contributed by atoms with E-state index >= 15 is 0 Å². The summed E-state index contributed by atoms with van der Waals surface area (Å²) in [6.07, 6.45) is 6.97. The molecule has 10 heteroatoms. The Kier molecular flexibility index (Phi) is 3.30. The van der Waals surface area contributed by atoms with Gasteiger partial charge in [0, 0.05) is 30.0 Å². The molecule has 3 heterocycles. The highest BCUT2D eigenvalue weighted by Gasteiger charge is 2.25. The summed E-state index contributed by atoms with van der Waals surface area (Å²) in [5.41, 5.74) is 1.58. The predicted molar refractivity (Wildman–Crippen MR) is 86.1 cm³/mol. The van der Waals surface area contributed by atoms with E-state index < -0.39 is 9.84 Å². The van der Waals surface area contributed by atoms with Crippen LogP contribution in [0.15, 0.2) is 16.9 Å². The molecule has 1 aliphatic heterocycles. The summed E-state index contributed by atoms with van der Waals surface area (Å²) in [4.78, 5) is 20.0. The average molecular weight is 348 g/mol. The number of rotatable bonds is 4. The Hall–Kier alpha value is -2.49. The Morgan fingerprint density at radius 2 is 2.17 bits per heavy atom. The Morgan fingerprint density at radius 1 is 1.38 bits per heavy atom. The fourth-order valence-corrected chi connectivity index (χ4v) is 3.01. The zero-order valence-corrected chi connectivity index (χ0v) is 13.8. The number of nitrogens with one attached hydrogen (secondary N) is 2. The maximum absolute atomic E-state index is 11.9. The van der Waals surface area contributed by atoms with Crippen LogP contribution in [0, 0.1) is 0 Å². The molecule has 0 spiro atoms. The Bertz CT molecular complexity index is 974. The molecular weight excluding hydrogens is 332 g/mol. The third-order valence-electron chi connectivity index (χ3n) is 3.92. The van der Waals surface area contributed by atoms with E-state index in [1.165, 1.54) is 4.52 Å². The number of anilines is 1. The van der Waals surface area contributed by atoms with Crippen LogP contribution in [0.3, 0.4) is 0 Å². The minimum absolute atomic E-state index is 0.122. The number of hydrogen-bond donors (Lipinski definition) is 2. The highest BCUT2D eigenvalue weighted by molar-refractivity contribution is 7.90. The van der Waals surface area contributed by atoms with Crippen LogP contribution in [-0.2, 0) is 14.6 Å². The molecule has 4 rings (SSSR count). The predicted octanol–water partition coefficient (Wildman–Crippen LogP) is 0.00540. The molecule has 0 radical (unpaired) electrons. The molecule has 2 aromatic rings. The summed E-state index contributed by atoms with van der Waals surface area (Å²) < 4.78 is 25.3. The Balaban J connectivity index is 1.88. The summed E-state index contributed by atoms with van der Waals surface area (Å²) in [6.45, 7) is 0.599. The number of carbonyl (C=O) groups is 1. The maximum Gasteiger partial charge on any atom is 0.252 e. The van der Waals surface area contributed by atoms with Gasteiger partial charge in [-0.1, -0.05) is 0 Å². The number of nitrogens with zero attached hydrogens (tertiary/aromatic N) is 4. The van der Waals surface area contributed by atoms with Gasteiger partial charge in [-0.05, 0) is 25.3 Å². The van der Waals surface area contributed by atoms with E-state index in [2.05, 4.69) is 25.7 Å². The zero-order valence-electron chi connectivity index (χ0n) is 13.0. The van der Waals surface area contributed by atoms with Crippen molar-refractivity contribution >= 4 is 33.4 Å². The molecule has 2 N–H and O–H groups in total.